The minimum Gasteiger partial charge on any atom is -0.387 e. The molecule has 0 aromatic carbocycles. The lowest BCUT2D eigenvalue weighted by molar-refractivity contribution is 0.151. The summed E-state index contributed by atoms with van der Waals surface area (Å²) >= 11 is 0. The first kappa shape index (κ1) is 8.70. The van der Waals surface area contributed by atoms with Crippen LogP contribution in [0, 0.1) is 13.8 Å². The molecule has 0 spiro atoms. The van der Waals surface area contributed by atoms with E-state index in [1.54, 1.807) is 0 Å². The molecule has 2 rings (SSSR count). The molecule has 13 heavy (non-hydrogen) atoms. The van der Waals surface area contributed by atoms with Crippen LogP contribution >= 0.6 is 0 Å². The van der Waals surface area contributed by atoms with E-state index in [9.17, 15) is 5.11 Å². The van der Waals surface area contributed by atoms with E-state index in [1.807, 2.05) is 6.20 Å². The highest BCUT2D eigenvalue weighted by Crippen LogP contribution is 2.30. The van der Waals surface area contributed by atoms with E-state index in [0.717, 1.165) is 25.0 Å². The Labute approximate surface area is 78.6 Å². The fourth-order valence-electron chi connectivity index (χ4n) is 1.98. The van der Waals surface area contributed by atoms with Gasteiger partial charge in [-0.2, -0.15) is 0 Å². The molecular weight excluding hydrogens is 162 g/mol. The number of nitrogens with zero attached hydrogens (tertiary/aromatic N) is 1. The van der Waals surface area contributed by atoms with Crippen LogP contribution in [0.25, 0.3) is 0 Å². The maximum atomic E-state index is 9.71. The maximum absolute atomic E-state index is 9.71. The first-order valence-corrected chi connectivity index (χ1v) is 4.83. The van der Waals surface area contributed by atoms with Crippen molar-refractivity contribution in [1.29, 1.82) is 0 Å². The van der Waals surface area contributed by atoms with Gasteiger partial charge in [-0.05, 0) is 49.8 Å². The summed E-state index contributed by atoms with van der Waals surface area (Å²) in [7, 11) is 0. The second kappa shape index (κ2) is 3.11. The molecule has 0 aliphatic heterocycles. The van der Waals surface area contributed by atoms with Crippen LogP contribution < -0.4 is 0 Å². The molecule has 2 heteroatoms. The summed E-state index contributed by atoms with van der Waals surface area (Å²) in [4.78, 5) is 4.31. The van der Waals surface area contributed by atoms with Crippen LogP contribution in [0.5, 0.6) is 0 Å². The van der Waals surface area contributed by atoms with Gasteiger partial charge in [0.05, 0.1) is 11.8 Å². The van der Waals surface area contributed by atoms with E-state index in [0.29, 0.717) is 0 Å². The van der Waals surface area contributed by atoms with Crippen molar-refractivity contribution in [3.8, 4) is 0 Å². The lowest BCUT2D eigenvalue weighted by atomic mass is 9.89. The third kappa shape index (κ3) is 1.35. The lowest BCUT2D eigenvalue weighted by Crippen LogP contribution is -2.13. The first-order chi connectivity index (χ1) is 6.20. The molecule has 70 valence electrons. The summed E-state index contributed by atoms with van der Waals surface area (Å²) in [6.45, 7) is 4.19. The van der Waals surface area contributed by atoms with Gasteiger partial charge >= 0.3 is 0 Å². The van der Waals surface area contributed by atoms with Gasteiger partial charge in [0.15, 0.2) is 0 Å². The number of aromatic nitrogens is 1. The SMILES string of the molecule is Cc1cnc2c(c1C)CCCC2O. The van der Waals surface area contributed by atoms with Crippen molar-refractivity contribution < 1.29 is 5.11 Å². The highest BCUT2D eigenvalue weighted by molar-refractivity contribution is 5.37. The molecule has 0 radical (unpaired) electrons. The number of aliphatic hydroxyl groups is 1. The molecule has 0 saturated heterocycles. The number of rotatable bonds is 0. The van der Waals surface area contributed by atoms with Crippen LogP contribution in [0.15, 0.2) is 6.20 Å². The number of pyridine rings is 1. The topological polar surface area (TPSA) is 33.1 Å². The molecule has 1 aliphatic rings. The standard InChI is InChI=1S/C11H15NO/c1-7-6-12-11-9(8(7)2)4-3-5-10(11)13/h6,10,13H,3-5H2,1-2H3. The van der Waals surface area contributed by atoms with Crippen LogP contribution in [0.4, 0.5) is 0 Å². The molecule has 1 unspecified atom stereocenters. The van der Waals surface area contributed by atoms with Gasteiger partial charge in [0.25, 0.3) is 0 Å². The molecule has 2 nitrogen and oxygen atoms in total. The average molecular weight is 177 g/mol. The van der Waals surface area contributed by atoms with Gasteiger partial charge in [0.2, 0.25) is 0 Å². The van der Waals surface area contributed by atoms with Crippen molar-refractivity contribution in [2.75, 3.05) is 0 Å². The second-order valence-electron chi connectivity index (χ2n) is 3.84. The molecule has 1 aromatic rings. The number of hydrogen-bond donors (Lipinski definition) is 1. The highest BCUT2D eigenvalue weighted by Gasteiger charge is 2.20. The first-order valence-electron chi connectivity index (χ1n) is 4.83. The third-order valence-corrected chi connectivity index (χ3v) is 2.97. The highest BCUT2D eigenvalue weighted by atomic mass is 16.3. The van der Waals surface area contributed by atoms with Crippen molar-refractivity contribution in [2.45, 2.75) is 39.2 Å². The molecule has 1 aromatic heterocycles. The van der Waals surface area contributed by atoms with E-state index >= 15 is 0 Å². The predicted octanol–water partition coefficient (Wildman–Crippen LogP) is 2.07. The van der Waals surface area contributed by atoms with Crippen molar-refractivity contribution in [3.05, 3.63) is 28.6 Å². The van der Waals surface area contributed by atoms with Crippen LogP contribution in [-0.2, 0) is 6.42 Å². The fraction of sp³-hybridized carbons (Fsp3) is 0.545. The van der Waals surface area contributed by atoms with Crippen LogP contribution in [0.2, 0.25) is 0 Å². The summed E-state index contributed by atoms with van der Waals surface area (Å²) in [5, 5.41) is 9.71. The molecule has 1 aliphatic carbocycles. The summed E-state index contributed by atoms with van der Waals surface area (Å²) in [6, 6.07) is 0. The Hall–Kier alpha value is -0.890. The molecule has 1 heterocycles. The van der Waals surface area contributed by atoms with Gasteiger partial charge in [-0.25, -0.2) is 0 Å². The summed E-state index contributed by atoms with van der Waals surface area (Å²) in [5.41, 5.74) is 4.73. The van der Waals surface area contributed by atoms with Crippen molar-refractivity contribution in [2.24, 2.45) is 0 Å². The largest absolute Gasteiger partial charge is 0.387 e. The zero-order valence-corrected chi connectivity index (χ0v) is 8.17. The van der Waals surface area contributed by atoms with Crippen LogP contribution in [-0.4, -0.2) is 10.1 Å². The van der Waals surface area contributed by atoms with Gasteiger partial charge < -0.3 is 5.11 Å². The Morgan fingerprint density at radius 1 is 1.46 bits per heavy atom. The Bertz CT molecular complexity index is 333. The zero-order chi connectivity index (χ0) is 9.42. The molecule has 0 bridgehead atoms. The van der Waals surface area contributed by atoms with Crippen LogP contribution in [0.3, 0.4) is 0 Å². The minimum atomic E-state index is -0.331. The maximum Gasteiger partial charge on any atom is 0.0962 e. The zero-order valence-electron chi connectivity index (χ0n) is 8.17. The Morgan fingerprint density at radius 2 is 2.23 bits per heavy atom. The van der Waals surface area contributed by atoms with Gasteiger partial charge in [0.1, 0.15) is 0 Å². The molecule has 1 atom stereocenters. The predicted molar refractivity (Wildman–Crippen MR) is 51.6 cm³/mol. The Kier molecular flexibility index (Phi) is 2.08. The number of fused-ring (bicyclic) bond motifs is 1. The number of aliphatic hydroxyl groups excluding tert-OH is 1. The molecule has 0 saturated carbocycles. The number of hydrogen-bond acceptors (Lipinski definition) is 2. The van der Waals surface area contributed by atoms with Gasteiger partial charge in [0, 0.05) is 6.20 Å². The van der Waals surface area contributed by atoms with Crippen LogP contribution in [0.1, 0.15) is 41.3 Å². The smallest absolute Gasteiger partial charge is 0.0962 e. The molecular formula is C11H15NO. The van der Waals surface area contributed by atoms with Crippen molar-refractivity contribution in [1.82, 2.24) is 4.98 Å². The van der Waals surface area contributed by atoms with Crippen molar-refractivity contribution >= 4 is 0 Å². The Balaban J connectivity index is 2.56. The fourth-order valence-corrected chi connectivity index (χ4v) is 1.98. The monoisotopic (exact) mass is 177 g/mol. The van der Waals surface area contributed by atoms with E-state index in [1.165, 1.54) is 16.7 Å². The average Bonchev–Trinajstić information content (AvgIpc) is 2.12. The van der Waals surface area contributed by atoms with Gasteiger partial charge in [-0.1, -0.05) is 0 Å². The normalized spacial score (nSPS) is 21.3. The lowest BCUT2D eigenvalue weighted by Gasteiger charge is -2.22. The van der Waals surface area contributed by atoms with E-state index < -0.39 is 0 Å². The Morgan fingerprint density at radius 3 is 3.00 bits per heavy atom. The summed E-state index contributed by atoms with van der Waals surface area (Å²) in [5.74, 6) is 0. The van der Waals surface area contributed by atoms with E-state index in [-0.39, 0.29) is 6.10 Å². The van der Waals surface area contributed by atoms with Crippen molar-refractivity contribution in [3.63, 3.8) is 0 Å². The van der Waals surface area contributed by atoms with Gasteiger partial charge in [-0.15, -0.1) is 0 Å². The van der Waals surface area contributed by atoms with E-state index in [4.69, 9.17) is 0 Å². The molecule has 1 N–H and O–H groups in total. The quantitative estimate of drug-likeness (QED) is 0.658. The minimum absolute atomic E-state index is 0.331. The summed E-state index contributed by atoms with van der Waals surface area (Å²) < 4.78 is 0. The number of aryl methyl sites for hydroxylation is 1. The summed E-state index contributed by atoms with van der Waals surface area (Å²) in [6.07, 6.45) is 4.56. The molecule has 0 fully saturated rings. The second-order valence-corrected chi connectivity index (χ2v) is 3.84. The van der Waals surface area contributed by atoms with Gasteiger partial charge in [-0.3, -0.25) is 4.98 Å². The molecule has 0 amide bonds. The van der Waals surface area contributed by atoms with E-state index in [2.05, 4.69) is 18.8 Å². The third-order valence-electron chi connectivity index (χ3n) is 2.97.